The van der Waals surface area contributed by atoms with Gasteiger partial charge in [0, 0.05) is 43.0 Å². The summed E-state index contributed by atoms with van der Waals surface area (Å²) in [5, 5.41) is 11.1. The van der Waals surface area contributed by atoms with Crippen LogP contribution in [0.3, 0.4) is 0 Å². The lowest BCUT2D eigenvalue weighted by Crippen LogP contribution is -2.09. The first-order chi connectivity index (χ1) is 13.0. The van der Waals surface area contributed by atoms with Crippen LogP contribution in [0, 0.1) is 10.1 Å². The molecular weight excluding hydrogens is 340 g/mol. The number of nitro benzene ring substituents is 1. The number of ether oxygens (including phenoxy) is 1. The summed E-state index contributed by atoms with van der Waals surface area (Å²) in [6.07, 6.45) is 7.90. The van der Waals surface area contributed by atoms with E-state index in [2.05, 4.69) is 6.58 Å². The van der Waals surface area contributed by atoms with Crippen LogP contribution >= 0.6 is 0 Å². The molecule has 0 aliphatic rings. The highest BCUT2D eigenvalue weighted by Gasteiger charge is 2.11. The lowest BCUT2D eigenvalue weighted by Gasteiger charge is -2.16. The average Bonchev–Trinajstić information content (AvgIpc) is 2.66. The molecule has 0 unspecified atom stereocenters. The first kappa shape index (κ1) is 20.2. The third-order valence-electron chi connectivity index (χ3n) is 4.21. The number of nitro groups is 1. The highest BCUT2D eigenvalue weighted by atomic mass is 16.6. The maximum atomic E-state index is 11.1. The fourth-order valence-corrected chi connectivity index (χ4v) is 2.74. The second kappa shape index (κ2) is 10.2. The minimum atomic E-state index is -0.323. The Hall–Kier alpha value is -3.08. The molecule has 2 aromatic rings. The van der Waals surface area contributed by atoms with Gasteiger partial charge in [-0.2, -0.15) is 0 Å². The highest BCUT2D eigenvalue weighted by molar-refractivity contribution is 5.64. The van der Waals surface area contributed by atoms with Crippen molar-refractivity contribution in [3.63, 3.8) is 0 Å². The molecule has 0 aliphatic heterocycles. The molecule has 0 amide bonds. The number of hydrogen-bond donors (Lipinski definition) is 0. The lowest BCUT2D eigenvalue weighted by atomic mass is 10.1. The van der Waals surface area contributed by atoms with Crippen molar-refractivity contribution in [1.29, 1.82) is 0 Å². The van der Waals surface area contributed by atoms with Gasteiger partial charge in [-0.25, -0.2) is 0 Å². The summed E-state index contributed by atoms with van der Waals surface area (Å²) >= 11 is 0. The largest absolute Gasteiger partial charge is 0.493 e. The predicted octanol–water partition coefficient (Wildman–Crippen LogP) is 5.26. The van der Waals surface area contributed by atoms with E-state index in [9.17, 15) is 10.1 Å². The molecule has 142 valence electrons. The highest BCUT2D eigenvalue weighted by Crippen LogP contribution is 2.27. The van der Waals surface area contributed by atoms with Crippen LogP contribution in [-0.2, 0) is 6.42 Å². The second-order valence-electron chi connectivity index (χ2n) is 6.40. The van der Waals surface area contributed by atoms with E-state index in [0.717, 1.165) is 35.4 Å². The van der Waals surface area contributed by atoms with Crippen molar-refractivity contribution < 1.29 is 9.66 Å². The summed E-state index contributed by atoms with van der Waals surface area (Å²) in [6, 6.07) is 13.0. The van der Waals surface area contributed by atoms with Gasteiger partial charge in [0.15, 0.2) is 0 Å². The Morgan fingerprint density at radius 3 is 2.67 bits per heavy atom. The molecule has 0 aliphatic carbocycles. The van der Waals surface area contributed by atoms with E-state index in [-0.39, 0.29) is 10.6 Å². The van der Waals surface area contributed by atoms with E-state index >= 15 is 0 Å². The summed E-state index contributed by atoms with van der Waals surface area (Å²) in [5.74, 6) is 0.824. The SMILES string of the molecule is C=CC=Cc1ccc(N(C)C)cc1OCCCCc1ccccc1[N+](=O)[O-]. The molecule has 0 saturated carbocycles. The monoisotopic (exact) mass is 366 g/mol. The summed E-state index contributed by atoms with van der Waals surface area (Å²) in [7, 11) is 3.98. The van der Waals surface area contributed by atoms with E-state index in [0.29, 0.717) is 13.0 Å². The lowest BCUT2D eigenvalue weighted by molar-refractivity contribution is -0.385. The predicted molar refractivity (Wildman–Crippen MR) is 112 cm³/mol. The molecule has 0 bridgehead atoms. The van der Waals surface area contributed by atoms with E-state index in [1.54, 1.807) is 18.2 Å². The molecule has 0 N–H and O–H groups in total. The Bertz CT molecular complexity index is 813. The Kier molecular flexibility index (Phi) is 7.62. The number of rotatable bonds is 10. The van der Waals surface area contributed by atoms with Crippen molar-refractivity contribution in [2.45, 2.75) is 19.3 Å². The van der Waals surface area contributed by atoms with Gasteiger partial charge in [0.2, 0.25) is 0 Å². The minimum Gasteiger partial charge on any atom is -0.493 e. The van der Waals surface area contributed by atoms with Crippen molar-refractivity contribution in [2.75, 3.05) is 25.6 Å². The number of nitrogens with zero attached hydrogens (tertiary/aromatic N) is 2. The molecule has 0 saturated heterocycles. The number of unbranched alkanes of at least 4 members (excludes halogenated alkanes) is 1. The summed E-state index contributed by atoms with van der Waals surface area (Å²) in [6.45, 7) is 4.26. The van der Waals surface area contributed by atoms with Crippen LogP contribution in [0.2, 0.25) is 0 Å². The van der Waals surface area contributed by atoms with Crippen LogP contribution in [0.4, 0.5) is 11.4 Å². The quantitative estimate of drug-likeness (QED) is 0.249. The van der Waals surface area contributed by atoms with Crippen molar-refractivity contribution in [3.05, 3.63) is 82.4 Å². The Morgan fingerprint density at radius 1 is 1.19 bits per heavy atom. The van der Waals surface area contributed by atoms with Crippen molar-refractivity contribution in [2.24, 2.45) is 0 Å². The van der Waals surface area contributed by atoms with Crippen LogP contribution in [0.15, 0.2) is 61.2 Å². The van der Waals surface area contributed by atoms with Gasteiger partial charge in [0.25, 0.3) is 5.69 Å². The fourth-order valence-electron chi connectivity index (χ4n) is 2.74. The average molecular weight is 366 g/mol. The standard InChI is InChI=1S/C22H26N2O3/c1-4-5-10-19-14-15-20(23(2)3)17-22(19)27-16-9-8-12-18-11-6-7-13-21(18)24(25)26/h4-7,10-11,13-15,17H,1,8-9,12,16H2,2-3H3. The zero-order valence-corrected chi connectivity index (χ0v) is 15.9. The van der Waals surface area contributed by atoms with Crippen molar-refractivity contribution in [1.82, 2.24) is 0 Å². The van der Waals surface area contributed by atoms with Gasteiger partial charge in [-0.3, -0.25) is 10.1 Å². The van der Waals surface area contributed by atoms with E-state index in [4.69, 9.17) is 4.74 Å². The van der Waals surface area contributed by atoms with Crippen LogP contribution in [0.1, 0.15) is 24.0 Å². The van der Waals surface area contributed by atoms with Crippen LogP contribution in [0.5, 0.6) is 5.75 Å². The number of para-hydroxylation sites is 1. The number of aryl methyl sites for hydroxylation is 1. The van der Waals surface area contributed by atoms with Crippen molar-refractivity contribution >= 4 is 17.5 Å². The topological polar surface area (TPSA) is 55.6 Å². The molecule has 27 heavy (non-hydrogen) atoms. The Labute approximate surface area is 160 Å². The zero-order valence-electron chi connectivity index (χ0n) is 15.9. The first-order valence-corrected chi connectivity index (χ1v) is 8.98. The van der Waals surface area contributed by atoms with E-state index in [1.165, 1.54) is 0 Å². The summed E-state index contributed by atoms with van der Waals surface area (Å²) < 4.78 is 5.99. The van der Waals surface area contributed by atoms with Gasteiger partial charge in [0.1, 0.15) is 5.75 Å². The fraction of sp³-hybridized carbons (Fsp3) is 0.273. The van der Waals surface area contributed by atoms with Crippen molar-refractivity contribution in [3.8, 4) is 5.75 Å². The molecule has 0 atom stereocenters. The maximum absolute atomic E-state index is 11.1. The van der Waals surface area contributed by atoms with Gasteiger partial charge in [-0.15, -0.1) is 0 Å². The Morgan fingerprint density at radius 2 is 1.96 bits per heavy atom. The van der Waals surface area contributed by atoms with E-state index in [1.807, 2.05) is 61.5 Å². The molecule has 5 heteroatoms. The molecule has 0 fully saturated rings. The number of anilines is 1. The van der Waals surface area contributed by atoms with Crippen LogP contribution in [0.25, 0.3) is 6.08 Å². The first-order valence-electron chi connectivity index (χ1n) is 8.98. The smallest absolute Gasteiger partial charge is 0.272 e. The molecule has 0 heterocycles. The summed E-state index contributed by atoms with van der Waals surface area (Å²) in [4.78, 5) is 12.8. The zero-order chi connectivity index (χ0) is 19.6. The third kappa shape index (κ3) is 5.99. The van der Waals surface area contributed by atoms with Gasteiger partial charge in [0.05, 0.1) is 11.5 Å². The molecule has 0 spiro atoms. The molecule has 0 aromatic heterocycles. The molecular formula is C22H26N2O3. The van der Waals surface area contributed by atoms with Gasteiger partial charge in [-0.1, -0.05) is 43.0 Å². The maximum Gasteiger partial charge on any atom is 0.272 e. The second-order valence-corrected chi connectivity index (χ2v) is 6.40. The van der Waals surface area contributed by atoms with Gasteiger partial charge < -0.3 is 9.64 Å². The molecule has 5 nitrogen and oxygen atoms in total. The third-order valence-corrected chi connectivity index (χ3v) is 4.21. The van der Waals surface area contributed by atoms with Crippen LogP contribution < -0.4 is 9.64 Å². The molecule has 2 rings (SSSR count). The van der Waals surface area contributed by atoms with E-state index < -0.39 is 0 Å². The molecule has 2 aromatic carbocycles. The molecule has 0 radical (unpaired) electrons. The normalized spacial score (nSPS) is 10.7. The Balaban J connectivity index is 1.94. The number of allylic oxidation sites excluding steroid dienone is 2. The minimum absolute atomic E-state index is 0.189. The van der Waals surface area contributed by atoms with Gasteiger partial charge in [-0.05, 0) is 31.4 Å². The number of benzene rings is 2. The summed E-state index contributed by atoms with van der Waals surface area (Å²) in [5.41, 5.74) is 3.03. The van der Waals surface area contributed by atoms with Crippen LogP contribution in [-0.4, -0.2) is 25.6 Å². The van der Waals surface area contributed by atoms with Gasteiger partial charge >= 0.3 is 0 Å². The number of hydrogen-bond acceptors (Lipinski definition) is 4.